The van der Waals surface area contributed by atoms with Crippen molar-refractivity contribution in [2.75, 3.05) is 5.43 Å². The SMILES string of the molecule is Cc1ccc(-c2csc(C(C#N)=NNc3cc(Cl)ccc3Cl)n2)cc1. The Labute approximate surface area is 159 Å². The lowest BCUT2D eigenvalue weighted by molar-refractivity contribution is 1.31. The molecular weight excluding hydrogens is 375 g/mol. The van der Waals surface area contributed by atoms with Gasteiger partial charge in [-0.3, -0.25) is 5.43 Å². The second kappa shape index (κ2) is 7.66. The predicted molar refractivity (Wildman–Crippen MR) is 105 cm³/mol. The smallest absolute Gasteiger partial charge is 0.196 e. The molecule has 0 spiro atoms. The number of anilines is 1. The van der Waals surface area contributed by atoms with Gasteiger partial charge in [0.15, 0.2) is 10.7 Å². The summed E-state index contributed by atoms with van der Waals surface area (Å²) in [7, 11) is 0. The quantitative estimate of drug-likeness (QED) is 0.457. The van der Waals surface area contributed by atoms with Crippen molar-refractivity contribution < 1.29 is 0 Å². The van der Waals surface area contributed by atoms with E-state index in [4.69, 9.17) is 23.2 Å². The first-order valence-electron chi connectivity index (χ1n) is 7.28. The van der Waals surface area contributed by atoms with Gasteiger partial charge in [0, 0.05) is 16.0 Å². The molecule has 1 N–H and O–H groups in total. The van der Waals surface area contributed by atoms with Crippen molar-refractivity contribution >= 4 is 45.9 Å². The number of benzene rings is 2. The van der Waals surface area contributed by atoms with E-state index in [0.717, 1.165) is 11.3 Å². The maximum absolute atomic E-state index is 9.38. The standard InChI is InChI=1S/C18H12Cl2N4S/c1-11-2-4-12(5-3-11)17-10-25-18(22-17)16(9-21)24-23-15-8-13(19)6-7-14(15)20/h2-8,10,23H,1H3. The second-order valence-corrected chi connectivity index (χ2v) is 6.91. The van der Waals surface area contributed by atoms with Crippen LogP contribution >= 0.6 is 34.5 Å². The average Bonchev–Trinajstić information content (AvgIpc) is 3.09. The Balaban J connectivity index is 1.85. The summed E-state index contributed by atoms with van der Waals surface area (Å²) < 4.78 is 0. The van der Waals surface area contributed by atoms with E-state index in [0.29, 0.717) is 20.7 Å². The van der Waals surface area contributed by atoms with Crippen LogP contribution in [0.3, 0.4) is 0 Å². The van der Waals surface area contributed by atoms with Gasteiger partial charge in [-0.1, -0.05) is 53.0 Å². The summed E-state index contributed by atoms with van der Waals surface area (Å²) >= 11 is 13.4. The highest BCUT2D eigenvalue weighted by molar-refractivity contribution is 7.12. The van der Waals surface area contributed by atoms with Crippen molar-refractivity contribution in [3.05, 3.63) is 68.5 Å². The first kappa shape index (κ1) is 17.4. The van der Waals surface area contributed by atoms with Crippen LogP contribution in [0.4, 0.5) is 5.69 Å². The van der Waals surface area contributed by atoms with Crippen LogP contribution in [0.1, 0.15) is 10.6 Å². The zero-order chi connectivity index (χ0) is 17.8. The molecule has 2 aromatic carbocycles. The van der Waals surface area contributed by atoms with E-state index in [9.17, 15) is 5.26 Å². The molecular formula is C18H12Cl2N4S. The number of hydrogen-bond acceptors (Lipinski definition) is 5. The lowest BCUT2D eigenvalue weighted by atomic mass is 10.1. The Morgan fingerprint density at radius 1 is 1.20 bits per heavy atom. The molecule has 0 amide bonds. The molecule has 0 saturated heterocycles. The first-order valence-corrected chi connectivity index (χ1v) is 8.92. The maximum atomic E-state index is 9.38. The Bertz CT molecular complexity index is 971. The topological polar surface area (TPSA) is 61.1 Å². The van der Waals surface area contributed by atoms with Crippen molar-refractivity contribution in [2.24, 2.45) is 5.10 Å². The molecule has 0 radical (unpaired) electrons. The van der Waals surface area contributed by atoms with Gasteiger partial charge in [0.05, 0.1) is 16.4 Å². The van der Waals surface area contributed by atoms with Gasteiger partial charge in [0.1, 0.15) is 6.07 Å². The van der Waals surface area contributed by atoms with Gasteiger partial charge < -0.3 is 0 Å². The number of rotatable bonds is 4. The zero-order valence-electron chi connectivity index (χ0n) is 13.1. The summed E-state index contributed by atoms with van der Waals surface area (Å²) in [6.45, 7) is 2.03. The molecule has 1 heterocycles. The lowest BCUT2D eigenvalue weighted by Gasteiger charge is -2.03. The number of aromatic nitrogens is 1. The molecule has 0 aliphatic rings. The molecule has 7 heteroatoms. The number of aryl methyl sites for hydroxylation is 1. The second-order valence-electron chi connectivity index (χ2n) is 5.21. The number of thiazole rings is 1. The van der Waals surface area contributed by atoms with Gasteiger partial charge in [-0.05, 0) is 25.1 Å². The maximum Gasteiger partial charge on any atom is 0.196 e. The van der Waals surface area contributed by atoms with Crippen molar-refractivity contribution in [3.63, 3.8) is 0 Å². The van der Waals surface area contributed by atoms with Crippen LogP contribution in [0, 0.1) is 18.3 Å². The number of nitrogens with one attached hydrogen (secondary N) is 1. The first-order chi connectivity index (χ1) is 12.1. The Morgan fingerprint density at radius 3 is 2.68 bits per heavy atom. The summed E-state index contributed by atoms with van der Waals surface area (Å²) in [4.78, 5) is 4.50. The highest BCUT2D eigenvalue weighted by Gasteiger charge is 2.11. The number of nitrogens with zero attached hydrogens (tertiary/aromatic N) is 3. The third-order valence-corrected chi connectivity index (χ3v) is 4.79. The van der Waals surface area contributed by atoms with E-state index < -0.39 is 0 Å². The van der Waals surface area contributed by atoms with Crippen LogP contribution in [0.25, 0.3) is 11.3 Å². The van der Waals surface area contributed by atoms with Crippen molar-refractivity contribution in [2.45, 2.75) is 6.92 Å². The van der Waals surface area contributed by atoms with Gasteiger partial charge in [0.2, 0.25) is 0 Å². The summed E-state index contributed by atoms with van der Waals surface area (Å²) in [6, 6.07) is 15.1. The molecule has 3 rings (SSSR count). The van der Waals surface area contributed by atoms with Gasteiger partial charge in [0.25, 0.3) is 0 Å². The van der Waals surface area contributed by atoms with Gasteiger partial charge in [-0.25, -0.2) is 4.98 Å². The van der Waals surface area contributed by atoms with Crippen molar-refractivity contribution in [3.8, 4) is 17.3 Å². The van der Waals surface area contributed by atoms with Crippen molar-refractivity contribution in [1.29, 1.82) is 5.26 Å². The largest absolute Gasteiger partial charge is 0.276 e. The minimum Gasteiger partial charge on any atom is -0.276 e. The molecule has 25 heavy (non-hydrogen) atoms. The lowest BCUT2D eigenvalue weighted by Crippen LogP contribution is -2.01. The van der Waals surface area contributed by atoms with Gasteiger partial charge >= 0.3 is 0 Å². The fraction of sp³-hybridized carbons (Fsp3) is 0.0556. The minimum absolute atomic E-state index is 0.180. The fourth-order valence-corrected chi connectivity index (χ4v) is 3.16. The van der Waals surface area contributed by atoms with E-state index in [-0.39, 0.29) is 5.71 Å². The molecule has 0 aliphatic heterocycles. The van der Waals surface area contributed by atoms with E-state index in [1.807, 2.05) is 36.6 Å². The molecule has 0 aliphatic carbocycles. The summed E-state index contributed by atoms with van der Waals surface area (Å²) in [5.74, 6) is 0. The third-order valence-electron chi connectivity index (χ3n) is 3.38. The third kappa shape index (κ3) is 4.18. The monoisotopic (exact) mass is 386 g/mol. The average molecular weight is 387 g/mol. The molecule has 0 saturated carbocycles. The molecule has 3 aromatic rings. The predicted octanol–water partition coefficient (Wildman–Crippen LogP) is 5.77. The number of halogens is 2. The Morgan fingerprint density at radius 2 is 1.96 bits per heavy atom. The van der Waals surface area contributed by atoms with Gasteiger partial charge in [-0.15, -0.1) is 11.3 Å². The van der Waals surface area contributed by atoms with Crippen LogP contribution < -0.4 is 5.43 Å². The van der Waals surface area contributed by atoms with Crippen LogP contribution in [-0.2, 0) is 0 Å². The van der Waals surface area contributed by atoms with Gasteiger partial charge in [-0.2, -0.15) is 10.4 Å². The number of hydrogen-bond donors (Lipinski definition) is 1. The number of hydrazone groups is 1. The molecule has 124 valence electrons. The van der Waals surface area contributed by atoms with Crippen LogP contribution in [0.5, 0.6) is 0 Å². The Kier molecular flexibility index (Phi) is 5.34. The molecule has 0 bridgehead atoms. The zero-order valence-corrected chi connectivity index (χ0v) is 15.5. The van der Waals surface area contributed by atoms with E-state index in [2.05, 4.69) is 21.6 Å². The Hall–Kier alpha value is -2.39. The molecule has 0 fully saturated rings. The van der Waals surface area contributed by atoms with Crippen molar-refractivity contribution in [1.82, 2.24) is 4.98 Å². The van der Waals surface area contributed by atoms with Crippen LogP contribution in [-0.4, -0.2) is 10.7 Å². The number of nitriles is 1. The summed E-state index contributed by atoms with van der Waals surface area (Å²) in [6.07, 6.45) is 0. The highest BCUT2D eigenvalue weighted by atomic mass is 35.5. The van der Waals surface area contributed by atoms with E-state index >= 15 is 0 Å². The summed E-state index contributed by atoms with van der Waals surface area (Å²) in [5, 5.41) is 16.9. The van der Waals surface area contributed by atoms with Crippen LogP contribution in [0.2, 0.25) is 10.0 Å². The minimum atomic E-state index is 0.180. The van der Waals surface area contributed by atoms with Crippen LogP contribution in [0.15, 0.2) is 52.9 Å². The highest BCUT2D eigenvalue weighted by Crippen LogP contribution is 2.26. The van der Waals surface area contributed by atoms with E-state index in [1.165, 1.54) is 16.9 Å². The normalized spacial score (nSPS) is 11.2. The molecule has 1 aromatic heterocycles. The fourth-order valence-electron chi connectivity index (χ4n) is 2.06. The van der Waals surface area contributed by atoms with E-state index in [1.54, 1.807) is 18.2 Å². The molecule has 0 atom stereocenters. The molecule has 0 unspecified atom stereocenters. The molecule has 4 nitrogen and oxygen atoms in total. The summed E-state index contributed by atoms with van der Waals surface area (Å²) in [5.41, 5.74) is 6.47.